The maximum absolute atomic E-state index is 14.2. The molecule has 2 heterocycles. The molecular formula is C23H28BrFN4O. The molecule has 2 saturated heterocycles. The van der Waals surface area contributed by atoms with Gasteiger partial charge in [-0.2, -0.15) is 0 Å². The lowest BCUT2D eigenvalue weighted by atomic mass is 10.0. The van der Waals surface area contributed by atoms with Crippen LogP contribution in [0.15, 0.2) is 51.9 Å². The lowest BCUT2D eigenvalue weighted by Gasteiger charge is -2.38. The number of anilines is 1. The van der Waals surface area contributed by atoms with Crippen LogP contribution in [0, 0.1) is 5.82 Å². The van der Waals surface area contributed by atoms with Crippen LogP contribution in [0.25, 0.3) is 0 Å². The largest absolute Gasteiger partial charge is 0.508 e. The lowest BCUT2D eigenvalue weighted by molar-refractivity contribution is 0.163. The summed E-state index contributed by atoms with van der Waals surface area (Å²) in [6.07, 6.45) is 4.83. The smallest absolute Gasteiger partial charge is 0.198 e. The van der Waals surface area contributed by atoms with Crippen LogP contribution in [0.2, 0.25) is 0 Å². The zero-order valence-corrected chi connectivity index (χ0v) is 18.6. The Balaban J connectivity index is 1.50. The number of rotatable bonds is 4. The molecular weight excluding hydrogens is 447 g/mol. The van der Waals surface area contributed by atoms with E-state index in [1.807, 2.05) is 6.07 Å². The maximum atomic E-state index is 14.2. The first kappa shape index (κ1) is 21.1. The van der Waals surface area contributed by atoms with Gasteiger partial charge < -0.3 is 20.2 Å². The standard InChI is InChI=1S/C23H28BrFN4O/c24-18-6-7-22(25)17(14-18)16-26-23(27-19-4-3-5-21(30)15-19)29-12-8-20(9-13-29)28-10-1-2-11-28/h3-7,14-15,20,30H,1-2,8-13,16H2,(H,26,27). The highest BCUT2D eigenvalue weighted by atomic mass is 79.9. The van der Waals surface area contributed by atoms with Gasteiger partial charge in [-0.15, -0.1) is 0 Å². The predicted molar refractivity (Wildman–Crippen MR) is 122 cm³/mol. The number of benzene rings is 2. The molecule has 0 saturated carbocycles. The average molecular weight is 475 g/mol. The quantitative estimate of drug-likeness (QED) is 0.492. The highest BCUT2D eigenvalue weighted by Gasteiger charge is 2.27. The van der Waals surface area contributed by atoms with Gasteiger partial charge in [0.25, 0.3) is 0 Å². The summed E-state index contributed by atoms with van der Waals surface area (Å²) in [5, 5.41) is 13.2. The second-order valence-corrected chi connectivity index (χ2v) is 8.93. The monoisotopic (exact) mass is 474 g/mol. The predicted octanol–water partition coefficient (Wildman–Crippen LogP) is 4.82. The summed E-state index contributed by atoms with van der Waals surface area (Å²) >= 11 is 3.41. The molecule has 2 fully saturated rings. The second-order valence-electron chi connectivity index (χ2n) is 8.01. The normalized spacial score (nSPS) is 18.7. The molecule has 0 radical (unpaired) electrons. The van der Waals surface area contributed by atoms with Crippen molar-refractivity contribution < 1.29 is 9.50 Å². The molecule has 0 aromatic heterocycles. The highest BCUT2D eigenvalue weighted by molar-refractivity contribution is 9.10. The molecule has 0 unspecified atom stereocenters. The van der Waals surface area contributed by atoms with Gasteiger partial charge in [0.15, 0.2) is 5.96 Å². The molecule has 2 aromatic rings. The van der Waals surface area contributed by atoms with Crippen LogP contribution in [-0.2, 0) is 6.54 Å². The van der Waals surface area contributed by atoms with E-state index < -0.39 is 0 Å². The van der Waals surface area contributed by atoms with Crippen molar-refractivity contribution in [2.45, 2.75) is 38.3 Å². The van der Waals surface area contributed by atoms with Crippen molar-refractivity contribution in [2.75, 3.05) is 31.5 Å². The van der Waals surface area contributed by atoms with Crippen molar-refractivity contribution in [3.63, 3.8) is 0 Å². The fraction of sp³-hybridized carbons (Fsp3) is 0.435. The summed E-state index contributed by atoms with van der Waals surface area (Å²) in [5.74, 6) is 0.663. The number of phenols is 1. The van der Waals surface area contributed by atoms with Crippen LogP contribution in [0.5, 0.6) is 5.75 Å². The molecule has 2 aliphatic heterocycles. The van der Waals surface area contributed by atoms with Gasteiger partial charge in [0.2, 0.25) is 0 Å². The molecule has 0 bridgehead atoms. The van der Waals surface area contributed by atoms with Gasteiger partial charge in [0.1, 0.15) is 11.6 Å². The molecule has 2 N–H and O–H groups in total. The highest BCUT2D eigenvalue weighted by Crippen LogP contribution is 2.23. The number of aromatic hydroxyl groups is 1. The topological polar surface area (TPSA) is 51.1 Å². The number of nitrogens with zero attached hydrogens (tertiary/aromatic N) is 3. The average Bonchev–Trinajstić information content (AvgIpc) is 3.28. The van der Waals surface area contributed by atoms with E-state index in [1.165, 1.54) is 32.0 Å². The zero-order valence-electron chi connectivity index (χ0n) is 17.0. The molecule has 2 aromatic carbocycles. The van der Waals surface area contributed by atoms with Crippen LogP contribution in [0.3, 0.4) is 0 Å². The number of hydrogen-bond donors (Lipinski definition) is 2. The molecule has 0 atom stereocenters. The minimum absolute atomic E-state index is 0.199. The van der Waals surface area contributed by atoms with Crippen molar-refractivity contribution in [1.29, 1.82) is 0 Å². The zero-order chi connectivity index (χ0) is 20.9. The first-order valence-electron chi connectivity index (χ1n) is 10.6. The molecule has 0 spiro atoms. The molecule has 7 heteroatoms. The first-order valence-corrected chi connectivity index (χ1v) is 11.4. The third-order valence-corrected chi connectivity index (χ3v) is 6.42. The van der Waals surface area contributed by atoms with Crippen LogP contribution in [-0.4, -0.2) is 53.1 Å². The first-order chi connectivity index (χ1) is 14.6. The summed E-state index contributed by atoms with van der Waals surface area (Å²) in [5.41, 5.74) is 1.32. The van der Waals surface area contributed by atoms with Gasteiger partial charge in [-0.25, -0.2) is 9.38 Å². The van der Waals surface area contributed by atoms with Crippen LogP contribution in [0.4, 0.5) is 10.1 Å². The van der Waals surface area contributed by atoms with Gasteiger partial charge in [-0.05, 0) is 69.1 Å². The summed E-state index contributed by atoms with van der Waals surface area (Å²) < 4.78 is 15.0. The van der Waals surface area contributed by atoms with Crippen molar-refractivity contribution in [3.8, 4) is 5.75 Å². The van der Waals surface area contributed by atoms with Crippen LogP contribution < -0.4 is 5.32 Å². The summed E-state index contributed by atoms with van der Waals surface area (Å²) in [6.45, 7) is 4.50. The van der Waals surface area contributed by atoms with Crippen molar-refractivity contribution in [2.24, 2.45) is 4.99 Å². The van der Waals surface area contributed by atoms with E-state index in [-0.39, 0.29) is 18.1 Å². The summed E-state index contributed by atoms with van der Waals surface area (Å²) in [7, 11) is 0. The molecule has 2 aliphatic rings. The number of phenolic OH excluding ortho intramolecular Hbond substituents is 1. The van der Waals surface area contributed by atoms with E-state index in [0.29, 0.717) is 11.6 Å². The Bertz CT molecular complexity index is 893. The van der Waals surface area contributed by atoms with Crippen LogP contribution in [0.1, 0.15) is 31.2 Å². The minimum atomic E-state index is -0.258. The minimum Gasteiger partial charge on any atom is -0.508 e. The van der Waals surface area contributed by atoms with Crippen molar-refractivity contribution in [3.05, 3.63) is 58.3 Å². The summed E-state index contributed by atoms with van der Waals surface area (Å²) in [4.78, 5) is 9.60. The van der Waals surface area contributed by atoms with E-state index in [0.717, 1.165) is 42.1 Å². The van der Waals surface area contributed by atoms with Gasteiger partial charge in [0.05, 0.1) is 6.54 Å². The van der Waals surface area contributed by atoms with E-state index in [2.05, 4.69) is 31.0 Å². The maximum Gasteiger partial charge on any atom is 0.198 e. The van der Waals surface area contributed by atoms with Gasteiger partial charge in [0, 0.05) is 40.9 Å². The molecule has 5 nitrogen and oxygen atoms in total. The molecule has 0 amide bonds. The number of hydrogen-bond acceptors (Lipinski definition) is 3. The Morgan fingerprint density at radius 3 is 2.60 bits per heavy atom. The Hall–Kier alpha value is -2.12. The van der Waals surface area contributed by atoms with E-state index in [9.17, 15) is 9.50 Å². The lowest BCUT2D eigenvalue weighted by Crippen LogP contribution is -2.47. The third-order valence-electron chi connectivity index (χ3n) is 5.93. The number of likely N-dealkylation sites (tertiary alicyclic amines) is 2. The van der Waals surface area contributed by atoms with E-state index >= 15 is 0 Å². The number of halogens is 2. The van der Waals surface area contributed by atoms with Crippen molar-refractivity contribution >= 4 is 27.6 Å². The molecule has 4 rings (SSSR count). The fourth-order valence-corrected chi connectivity index (χ4v) is 4.71. The van der Waals surface area contributed by atoms with Gasteiger partial charge in [-0.1, -0.05) is 22.0 Å². The number of nitrogens with one attached hydrogen (secondary N) is 1. The fourth-order valence-electron chi connectivity index (χ4n) is 4.31. The number of aliphatic imine (C=N–C) groups is 1. The summed E-state index contributed by atoms with van der Waals surface area (Å²) in [6, 6.07) is 12.6. The Morgan fingerprint density at radius 2 is 1.87 bits per heavy atom. The van der Waals surface area contributed by atoms with E-state index in [4.69, 9.17) is 4.99 Å². The van der Waals surface area contributed by atoms with Gasteiger partial charge in [-0.3, -0.25) is 0 Å². The van der Waals surface area contributed by atoms with Crippen LogP contribution >= 0.6 is 15.9 Å². The van der Waals surface area contributed by atoms with Gasteiger partial charge >= 0.3 is 0 Å². The number of piperidine rings is 1. The molecule has 160 valence electrons. The van der Waals surface area contributed by atoms with E-state index in [1.54, 1.807) is 30.3 Å². The Kier molecular flexibility index (Phi) is 6.89. The molecule has 0 aliphatic carbocycles. The number of guanidine groups is 1. The SMILES string of the molecule is Oc1cccc(NC(=NCc2cc(Br)ccc2F)N2CCC(N3CCCC3)CC2)c1. The Morgan fingerprint density at radius 1 is 1.10 bits per heavy atom. The molecule has 30 heavy (non-hydrogen) atoms. The Labute approximate surface area is 185 Å². The second kappa shape index (κ2) is 9.79. The third kappa shape index (κ3) is 5.32. The van der Waals surface area contributed by atoms with Crippen molar-refractivity contribution in [1.82, 2.24) is 9.80 Å².